The SMILES string of the molecule is O=C(/C=C/c1c(F)cccc1F)NC[C@H]1CCN(C2CC2)C1. The Morgan fingerprint density at radius 3 is 2.68 bits per heavy atom. The summed E-state index contributed by atoms with van der Waals surface area (Å²) >= 11 is 0. The first-order valence-electron chi connectivity index (χ1n) is 7.77. The summed E-state index contributed by atoms with van der Waals surface area (Å²) in [5.41, 5.74) is -0.182. The average Bonchev–Trinajstić information content (AvgIpc) is 3.23. The second-order valence-electron chi connectivity index (χ2n) is 6.09. The van der Waals surface area contributed by atoms with Gasteiger partial charge in [-0.2, -0.15) is 0 Å². The van der Waals surface area contributed by atoms with Crippen molar-refractivity contribution in [1.82, 2.24) is 10.2 Å². The molecule has 1 saturated carbocycles. The molecule has 2 aliphatic rings. The van der Waals surface area contributed by atoms with Crippen LogP contribution in [0.25, 0.3) is 6.08 Å². The van der Waals surface area contributed by atoms with Gasteiger partial charge in [-0.05, 0) is 49.9 Å². The smallest absolute Gasteiger partial charge is 0.244 e. The third-order valence-electron chi connectivity index (χ3n) is 4.35. The summed E-state index contributed by atoms with van der Waals surface area (Å²) < 4.78 is 26.9. The number of halogens is 2. The van der Waals surface area contributed by atoms with Crippen LogP contribution in [-0.4, -0.2) is 36.5 Å². The number of hydrogen-bond donors (Lipinski definition) is 1. The zero-order chi connectivity index (χ0) is 15.5. The summed E-state index contributed by atoms with van der Waals surface area (Å²) in [6, 6.07) is 4.41. The quantitative estimate of drug-likeness (QED) is 0.848. The van der Waals surface area contributed by atoms with Crippen LogP contribution < -0.4 is 5.32 Å². The van der Waals surface area contributed by atoms with Crippen LogP contribution in [0.3, 0.4) is 0 Å². The standard InChI is InChI=1S/C17H20F2N2O/c18-15-2-1-3-16(19)14(15)6-7-17(22)20-10-12-8-9-21(11-12)13-4-5-13/h1-3,6-7,12-13H,4-5,8-11H2,(H,20,22)/b7-6+/t12-/m1/s1. The lowest BCUT2D eigenvalue weighted by Gasteiger charge is -2.14. The van der Waals surface area contributed by atoms with E-state index in [1.807, 2.05) is 0 Å². The lowest BCUT2D eigenvalue weighted by atomic mass is 10.1. The van der Waals surface area contributed by atoms with E-state index in [4.69, 9.17) is 0 Å². The molecule has 3 rings (SSSR count). The molecule has 5 heteroatoms. The Bertz CT molecular complexity index is 564. The zero-order valence-corrected chi connectivity index (χ0v) is 12.4. The number of likely N-dealkylation sites (tertiary alicyclic amines) is 1. The highest BCUT2D eigenvalue weighted by molar-refractivity contribution is 5.91. The molecule has 118 valence electrons. The maximum Gasteiger partial charge on any atom is 0.244 e. The number of hydrogen-bond acceptors (Lipinski definition) is 2. The predicted octanol–water partition coefficient (Wildman–Crippen LogP) is 2.58. The molecule has 0 radical (unpaired) electrons. The highest BCUT2D eigenvalue weighted by Crippen LogP contribution is 2.31. The Kier molecular flexibility index (Phi) is 4.52. The molecular formula is C17H20F2N2O. The molecule has 22 heavy (non-hydrogen) atoms. The van der Waals surface area contributed by atoms with Crippen LogP contribution in [0.1, 0.15) is 24.8 Å². The molecule has 1 aromatic carbocycles. The number of nitrogens with one attached hydrogen (secondary N) is 1. The van der Waals surface area contributed by atoms with Crippen molar-refractivity contribution in [1.29, 1.82) is 0 Å². The van der Waals surface area contributed by atoms with Crippen molar-refractivity contribution in [3.63, 3.8) is 0 Å². The van der Waals surface area contributed by atoms with Crippen LogP contribution in [0.15, 0.2) is 24.3 Å². The number of benzene rings is 1. The van der Waals surface area contributed by atoms with Gasteiger partial charge in [-0.25, -0.2) is 8.78 Å². The molecule has 2 fully saturated rings. The van der Waals surface area contributed by atoms with Gasteiger partial charge in [0, 0.05) is 30.8 Å². The van der Waals surface area contributed by atoms with Crippen molar-refractivity contribution in [2.45, 2.75) is 25.3 Å². The molecule has 1 saturated heterocycles. The van der Waals surface area contributed by atoms with Crippen molar-refractivity contribution in [3.8, 4) is 0 Å². The monoisotopic (exact) mass is 306 g/mol. The summed E-state index contributed by atoms with van der Waals surface area (Å²) in [7, 11) is 0. The van der Waals surface area contributed by atoms with Gasteiger partial charge < -0.3 is 10.2 Å². The van der Waals surface area contributed by atoms with Crippen LogP contribution in [0.5, 0.6) is 0 Å². The van der Waals surface area contributed by atoms with Gasteiger partial charge in [0.25, 0.3) is 0 Å². The number of amides is 1. The van der Waals surface area contributed by atoms with E-state index in [1.54, 1.807) is 0 Å². The van der Waals surface area contributed by atoms with Crippen LogP contribution in [0, 0.1) is 17.6 Å². The van der Waals surface area contributed by atoms with Crippen molar-refractivity contribution in [3.05, 3.63) is 41.5 Å². The van der Waals surface area contributed by atoms with Gasteiger partial charge in [-0.1, -0.05) is 6.07 Å². The number of rotatable bonds is 5. The molecule has 1 N–H and O–H groups in total. The molecule has 1 aliphatic carbocycles. The summed E-state index contributed by atoms with van der Waals surface area (Å²) in [5, 5.41) is 2.82. The topological polar surface area (TPSA) is 32.3 Å². The van der Waals surface area contributed by atoms with Crippen molar-refractivity contribution < 1.29 is 13.6 Å². The van der Waals surface area contributed by atoms with E-state index in [0.29, 0.717) is 12.5 Å². The van der Waals surface area contributed by atoms with Crippen molar-refractivity contribution in [2.75, 3.05) is 19.6 Å². The van der Waals surface area contributed by atoms with E-state index in [1.165, 1.54) is 43.2 Å². The van der Waals surface area contributed by atoms with Gasteiger partial charge in [0.05, 0.1) is 0 Å². The van der Waals surface area contributed by atoms with Crippen LogP contribution in [-0.2, 0) is 4.79 Å². The fraction of sp³-hybridized carbons (Fsp3) is 0.471. The van der Waals surface area contributed by atoms with E-state index >= 15 is 0 Å². The van der Waals surface area contributed by atoms with Gasteiger partial charge in [-0.15, -0.1) is 0 Å². The van der Waals surface area contributed by atoms with Gasteiger partial charge in [0.1, 0.15) is 11.6 Å². The van der Waals surface area contributed by atoms with Gasteiger partial charge >= 0.3 is 0 Å². The molecular weight excluding hydrogens is 286 g/mol. The Labute approximate surface area is 129 Å². The van der Waals surface area contributed by atoms with Crippen LogP contribution in [0.4, 0.5) is 8.78 Å². The minimum Gasteiger partial charge on any atom is -0.352 e. The number of carbonyl (C=O) groups is 1. The maximum absolute atomic E-state index is 13.4. The van der Waals surface area contributed by atoms with E-state index in [2.05, 4.69) is 10.2 Å². The summed E-state index contributed by atoms with van der Waals surface area (Å²) in [6.07, 6.45) is 6.08. The normalized spacial score (nSPS) is 22.4. The predicted molar refractivity (Wildman–Crippen MR) is 81.1 cm³/mol. The van der Waals surface area contributed by atoms with Crippen molar-refractivity contribution in [2.24, 2.45) is 5.92 Å². The third kappa shape index (κ3) is 3.71. The first-order valence-corrected chi connectivity index (χ1v) is 7.77. The largest absolute Gasteiger partial charge is 0.352 e. The van der Waals surface area contributed by atoms with Gasteiger partial charge in [-0.3, -0.25) is 4.79 Å². The molecule has 0 unspecified atom stereocenters. The molecule has 1 aromatic rings. The minimum absolute atomic E-state index is 0.182. The van der Waals surface area contributed by atoms with Crippen LogP contribution >= 0.6 is 0 Å². The Morgan fingerprint density at radius 1 is 1.27 bits per heavy atom. The van der Waals surface area contributed by atoms with Crippen molar-refractivity contribution >= 4 is 12.0 Å². The van der Waals surface area contributed by atoms with Crippen LogP contribution in [0.2, 0.25) is 0 Å². The highest BCUT2D eigenvalue weighted by Gasteiger charge is 2.34. The molecule has 1 atom stereocenters. The maximum atomic E-state index is 13.4. The zero-order valence-electron chi connectivity index (χ0n) is 12.4. The second-order valence-corrected chi connectivity index (χ2v) is 6.09. The molecule has 0 aromatic heterocycles. The molecule has 1 aliphatic heterocycles. The summed E-state index contributed by atoms with van der Waals surface area (Å²) in [4.78, 5) is 14.3. The van der Waals surface area contributed by atoms with E-state index in [9.17, 15) is 13.6 Å². The highest BCUT2D eigenvalue weighted by atomic mass is 19.1. The Morgan fingerprint density at radius 2 is 2.00 bits per heavy atom. The second kappa shape index (κ2) is 6.57. The molecule has 1 heterocycles. The van der Waals surface area contributed by atoms with Gasteiger partial charge in [0.2, 0.25) is 5.91 Å². The molecule has 0 bridgehead atoms. The third-order valence-corrected chi connectivity index (χ3v) is 4.35. The van der Waals surface area contributed by atoms with E-state index < -0.39 is 11.6 Å². The van der Waals surface area contributed by atoms with Gasteiger partial charge in [0.15, 0.2) is 0 Å². The first-order chi connectivity index (χ1) is 10.6. The fourth-order valence-corrected chi connectivity index (χ4v) is 2.93. The Hall–Kier alpha value is -1.75. The molecule has 1 amide bonds. The number of nitrogens with zero attached hydrogens (tertiary/aromatic N) is 1. The Balaban J connectivity index is 1.47. The fourth-order valence-electron chi connectivity index (χ4n) is 2.93. The lowest BCUT2D eigenvalue weighted by Crippen LogP contribution is -2.30. The summed E-state index contributed by atoms with van der Waals surface area (Å²) in [6.45, 7) is 2.77. The molecule has 0 spiro atoms. The number of carbonyl (C=O) groups excluding carboxylic acids is 1. The molecule has 3 nitrogen and oxygen atoms in total. The lowest BCUT2D eigenvalue weighted by molar-refractivity contribution is -0.116. The average molecular weight is 306 g/mol. The summed E-state index contributed by atoms with van der Waals surface area (Å²) in [5.74, 6) is -1.17. The van der Waals surface area contributed by atoms with E-state index in [-0.39, 0.29) is 11.5 Å². The minimum atomic E-state index is -0.667. The first kappa shape index (κ1) is 15.2. The van der Waals surface area contributed by atoms with E-state index in [0.717, 1.165) is 25.6 Å².